The molecule has 13 heavy (non-hydrogen) atoms. The lowest BCUT2D eigenvalue weighted by molar-refractivity contribution is -0.251. The number of rotatable bonds is 3. The Morgan fingerprint density at radius 2 is 2.08 bits per heavy atom. The zero-order chi connectivity index (χ0) is 10.1. The van der Waals surface area contributed by atoms with E-state index in [9.17, 15) is 15.3 Å². The van der Waals surface area contributed by atoms with E-state index in [1.165, 1.54) is 7.11 Å². The molecule has 0 aromatic rings. The van der Waals surface area contributed by atoms with Crippen LogP contribution in [-0.2, 0) is 9.47 Å². The molecule has 1 rings (SSSR count). The lowest BCUT2D eigenvalue weighted by atomic mass is 10.1. The molecule has 1 aliphatic heterocycles. The maximum Gasteiger partial charge on any atom is 0.219 e. The van der Waals surface area contributed by atoms with E-state index >= 15 is 0 Å². The Morgan fingerprint density at radius 3 is 2.46 bits per heavy atom. The first-order chi connectivity index (χ1) is 6.05. The Labute approximate surface area is 75.3 Å². The molecular weight excluding hydrogens is 180 g/mol. The van der Waals surface area contributed by atoms with Crippen molar-refractivity contribution in [1.82, 2.24) is 0 Å². The van der Waals surface area contributed by atoms with Gasteiger partial charge in [0, 0.05) is 7.11 Å². The van der Waals surface area contributed by atoms with Crippen molar-refractivity contribution in [2.45, 2.75) is 24.1 Å². The van der Waals surface area contributed by atoms with Crippen LogP contribution < -0.4 is 0 Å². The molecule has 1 heterocycles. The Bertz CT molecular complexity index is 174. The second-order valence-corrected chi connectivity index (χ2v) is 3.05. The maximum atomic E-state index is 9.56. The summed E-state index contributed by atoms with van der Waals surface area (Å²) in [5.74, 6) is -1.93. The number of hydrogen-bond donors (Lipinski definition) is 4. The molecule has 0 saturated carbocycles. The minimum Gasteiger partial charge on any atom is -0.394 e. The van der Waals surface area contributed by atoms with Crippen molar-refractivity contribution < 1.29 is 29.9 Å². The van der Waals surface area contributed by atoms with Crippen LogP contribution in [0.3, 0.4) is 0 Å². The highest BCUT2D eigenvalue weighted by atomic mass is 16.7. The van der Waals surface area contributed by atoms with Crippen molar-refractivity contribution in [3.8, 4) is 0 Å². The largest absolute Gasteiger partial charge is 0.394 e. The number of aliphatic hydroxyl groups is 4. The fourth-order valence-corrected chi connectivity index (χ4v) is 1.34. The van der Waals surface area contributed by atoms with Gasteiger partial charge >= 0.3 is 0 Å². The van der Waals surface area contributed by atoms with Gasteiger partial charge in [0.2, 0.25) is 5.79 Å². The van der Waals surface area contributed by atoms with Crippen molar-refractivity contribution >= 4 is 0 Å². The SMILES string of the molecule is COC[C@]1(O)O[C@H](CO)[C@@H](O)[C@@H]1O. The standard InChI is InChI=1S/C7H14O6/c1-12-3-7(11)6(10)5(9)4(2-8)13-7/h4-6,8-11H,2-3H2,1H3/t4-,5-,6+,7+/m1/s1. The van der Waals surface area contributed by atoms with Crippen LogP contribution in [0.1, 0.15) is 0 Å². The third-order valence-electron chi connectivity index (χ3n) is 2.05. The lowest BCUT2D eigenvalue weighted by Crippen LogP contribution is -2.46. The molecule has 0 unspecified atom stereocenters. The molecule has 1 saturated heterocycles. The van der Waals surface area contributed by atoms with Gasteiger partial charge in [-0.15, -0.1) is 0 Å². The molecule has 4 N–H and O–H groups in total. The maximum absolute atomic E-state index is 9.56. The predicted octanol–water partition coefficient (Wildman–Crippen LogP) is -2.57. The molecule has 6 nitrogen and oxygen atoms in total. The van der Waals surface area contributed by atoms with Crippen LogP contribution in [-0.4, -0.2) is 64.8 Å². The monoisotopic (exact) mass is 194 g/mol. The van der Waals surface area contributed by atoms with E-state index in [1.807, 2.05) is 0 Å². The van der Waals surface area contributed by atoms with Crippen molar-refractivity contribution in [2.24, 2.45) is 0 Å². The number of hydrogen-bond acceptors (Lipinski definition) is 6. The number of methoxy groups -OCH3 is 1. The first-order valence-electron chi connectivity index (χ1n) is 3.91. The highest BCUT2D eigenvalue weighted by molar-refractivity contribution is 4.95. The average molecular weight is 194 g/mol. The molecule has 0 aromatic heterocycles. The Morgan fingerprint density at radius 1 is 1.46 bits per heavy atom. The third kappa shape index (κ3) is 1.83. The van der Waals surface area contributed by atoms with E-state index < -0.39 is 30.7 Å². The van der Waals surface area contributed by atoms with Crippen LogP contribution in [0.15, 0.2) is 0 Å². The van der Waals surface area contributed by atoms with Gasteiger partial charge in [-0.2, -0.15) is 0 Å². The topological polar surface area (TPSA) is 99.4 Å². The molecule has 0 aromatic carbocycles. The molecule has 78 valence electrons. The Kier molecular flexibility index (Phi) is 3.23. The molecular formula is C7H14O6. The van der Waals surface area contributed by atoms with Crippen LogP contribution in [0.5, 0.6) is 0 Å². The molecule has 0 bridgehead atoms. The quantitative estimate of drug-likeness (QED) is 0.394. The highest BCUT2D eigenvalue weighted by Gasteiger charge is 2.53. The van der Waals surface area contributed by atoms with Crippen LogP contribution >= 0.6 is 0 Å². The summed E-state index contributed by atoms with van der Waals surface area (Å²) in [5, 5.41) is 36.9. The minimum absolute atomic E-state index is 0.262. The van der Waals surface area contributed by atoms with E-state index in [0.29, 0.717) is 0 Å². The summed E-state index contributed by atoms with van der Waals surface area (Å²) < 4.78 is 9.46. The van der Waals surface area contributed by atoms with Crippen LogP contribution in [0.2, 0.25) is 0 Å². The second kappa shape index (κ2) is 3.87. The summed E-state index contributed by atoms with van der Waals surface area (Å²) in [6.07, 6.45) is -3.75. The summed E-state index contributed by atoms with van der Waals surface area (Å²) in [6, 6.07) is 0. The zero-order valence-electron chi connectivity index (χ0n) is 7.25. The summed E-state index contributed by atoms with van der Waals surface area (Å²) in [4.78, 5) is 0. The van der Waals surface area contributed by atoms with Crippen LogP contribution in [0, 0.1) is 0 Å². The van der Waals surface area contributed by atoms with E-state index in [-0.39, 0.29) is 6.61 Å². The molecule has 0 aliphatic carbocycles. The summed E-state index contributed by atoms with van der Waals surface area (Å²) in [5.41, 5.74) is 0. The van der Waals surface area contributed by atoms with Gasteiger partial charge in [0.1, 0.15) is 24.9 Å². The van der Waals surface area contributed by atoms with Crippen molar-refractivity contribution in [3.05, 3.63) is 0 Å². The van der Waals surface area contributed by atoms with Gasteiger partial charge in [-0.1, -0.05) is 0 Å². The smallest absolute Gasteiger partial charge is 0.219 e. The molecule has 0 amide bonds. The van der Waals surface area contributed by atoms with Gasteiger partial charge in [0.25, 0.3) is 0 Å². The molecule has 6 heteroatoms. The van der Waals surface area contributed by atoms with Gasteiger partial charge in [0.15, 0.2) is 0 Å². The molecule has 0 radical (unpaired) electrons. The van der Waals surface area contributed by atoms with E-state index in [4.69, 9.17) is 9.84 Å². The number of ether oxygens (including phenoxy) is 2. The van der Waals surface area contributed by atoms with Crippen LogP contribution in [0.4, 0.5) is 0 Å². The van der Waals surface area contributed by atoms with Gasteiger partial charge in [-0.3, -0.25) is 0 Å². The summed E-state index contributed by atoms with van der Waals surface area (Å²) in [6.45, 7) is -0.730. The predicted molar refractivity (Wildman–Crippen MR) is 40.8 cm³/mol. The van der Waals surface area contributed by atoms with Crippen molar-refractivity contribution in [1.29, 1.82) is 0 Å². The molecule has 0 spiro atoms. The first kappa shape index (κ1) is 10.8. The van der Waals surface area contributed by atoms with Crippen molar-refractivity contribution in [2.75, 3.05) is 20.3 Å². The Balaban J connectivity index is 2.69. The normalized spacial score (nSPS) is 45.5. The van der Waals surface area contributed by atoms with Gasteiger partial charge in [-0.05, 0) is 0 Å². The van der Waals surface area contributed by atoms with Crippen LogP contribution in [0.25, 0.3) is 0 Å². The van der Waals surface area contributed by atoms with E-state index in [2.05, 4.69) is 4.74 Å². The summed E-state index contributed by atoms with van der Waals surface area (Å²) in [7, 11) is 1.33. The fraction of sp³-hybridized carbons (Fsp3) is 1.00. The van der Waals surface area contributed by atoms with Gasteiger partial charge in [0.05, 0.1) is 6.61 Å². The first-order valence-corrected chi connectivity index (χ1v) is 3.91. The Hall–Kier alpha value is -0.240. The van der Waals surface area contributed by atoms with Gasteiger partial charge < -0.3 is 29.9 Å². The third-order valence-corrected chi connectivity index (χ3v) is 2.05. The van der Waals surface area contributed by atoms with Crippen molar-refractivity contribution in [3.63, 3.8) is 0 Å². The minimum atomic E-state index is -1.93. The molecule has 4 atom stereocenters. The fourth-order valence-electron chi connectivity index (χ4n) is 1.34. The summed E-state index contributed by atoms with van der Waals surface area (Å²) >= 11 is 0. The van der Waals surface area contributed by atoms with Gasteiger partial charge in [-0.25, -0.2) is 0 Å². The average Bonchev–Trinajstić information content (AvgIpc) is 2.31. The lowest BCUT2D eigenvalue weighted by Gasteiger charge is -2.24. The highest BCUT2D eigenvalue weighted by Crippen LogP contribution is 2.29. The second-order valence-electron chi connectivity index (χ2n) is 3.05. The van der Waals surface area contributed by atoms with E-state index in [0.717, 1.165) is 0 Å². The van der Waals surface area contributed by atoms with E-state index in [1.54, 1.807) is 0 Å². The molecule has 1 fully saturated rings. The zero-order valence-corrected chi connectivity index (χ0v) is 7.25. The number of aliphatic hydroxyl groups excluding tert-OH is 3. The molecule has 1 aliphatic rings.